The Kier molecular flexibility index (Phi) is 3.44. The van der Waals surface area contributed by atoms with Gasteiger partial charge in [-0.3, -0.25) is 9.59 Å². The monoisotopic (exact) mass is 207 g/mol. The Morgan fingerprint density at radius 3 is 2.60 bits per heavy atom. The molecule has 0 bridgehead atoms. The zero-order valence-electron chi connectivity index (χ0n) is 8.65. The molecule has 4 heteroatoms. The van der Waals surface area contributed by atoms with E-state index in [1.165, 1.54) is 6.92 Å². The molecule has 0 aliphatic carbocycles. The fourth-order valence-corrected chi connectivity index (χ4v) is 1.13. The lowest BCUT2D eigenvalue weighted by Crippen LogP contribution is -2.38. The number of hydrogen-bond donors (Lipinski definition) is 2. The molecule has 1 atom stereocenters. The summed E-state index contributed by atoms with van der Waals surface area (Å²) in [6.45, 7) is 3.30. The summed E-state index contributed by atoms with van der Waals surface area (Å²) in [6, 6.07) is 6.12. The molecule has 1 rings (SSSR count). The van der Waals surface area contributed by atoms with Gasteiger partial charge in [0.25, 0.3) is 5.91 Å². The first-order valence-corrected chi connectivity index (χ1v) is 4.61. The Bertz CT molecular complexity index is 387. The number of aryl methyl sites for hydroxylation is 1. The fourth-order valence-electron chi connectivity index (χ4n) is 1.13. The minimum Gasteiger partial charge on any atom is -0.480 e. The van der Waals surface area contributed by atoms with Crippen LogP contribution in [0, 0.1) is 6.92 Å². The smallest absolute Gasteiger partial charge is 0.325 e. The standard InChI is InChI=1S/C11H13NO3/c1-7-4-3-5-9(6-7)10(13)12-8(2)11(14)15/h3-6,8H,1-2H3,(H,12,13)(H,14,15)/t8-/m1/s1. The van der Waals surface area contributed by atoms with Gasteiger partial charge in [-0.05, 0) is 26.0 Å². The Hall–Kier alpha value is -1.84. The summed E-state index contributed by atoms with van der Waals surface area (Å²) in [4.78, 5) is 22.1. The number of nitrogens with one attached hydrogen (secondary N) is 1. The molecule has 15 heavy (non-hydrogen) atoms. The normalized spacial score (nSPS) is 11.9. The van der Waals surface area contributed by atoms with Crippen molar-refractivity contribution in [1.82, 2.24) is 5.32 Å². The summed E-state index contributed by atoms with van der Waals surface area (Å²) in [5.74, 6) is -1.41. The molecule has 0 saturated heterocycles. The summed E-state index contributed by atoms with van der Waals surface area (Å²) in [6.07, 6.45) is 0. The molecule has 1 aromatic rings. The number of carbonyl (C=O) groups is 2. The minimum atomic E-state index is -1.05. The summed E-state index contributed by atoms with van der Waals surface area (Å²) >= 11 is 0. The SMILES string of the molecule is Cc1cccc(C(=O)N[C@H](C)C(=O)O)c1. The third kappa shape index (κ3) is 3.09. The highest BCUT2D eigenvalue weighted by Crippen LogP contribution is 2.03. The first kappa shape index (κ1) is 11.2. The molecule has 1 amide bonds. The molecule has 1 aromatic carbocycles. The summed E-state index contributed by atoms with van der Waals surface area (Å²) in [5.41, 5.74) is 1.44. The first-order valence-electron chi connectivity index (χ1n) is 4.61. The summed E-state index contributed by atoms with van der Waals surface area (Å²) < 4.78 is 0. The van der Waals surface area contributed by atoms with Crippen molar-refractivity contribution < 1.29 is 14.7 Å². The van der Waals surface area contributed by atoms with Gasteiger partial charge in [-0.15, -0.1) is 0 Å². The Morgan fingerprint density at radius 1 is 1.40 bits per heavy atom. The van der Waals surface area contributed by atoms with Crippen LogP contribution < -0.4 is 5.32 Å². The highest BCUT2D eigenvalue weighted by molar-refractivity contribution is 5.96. The summed E-state index contributed by atoms with van der Waals surface area (Å²) in [7, 11) is 0. The van der Waals surface area contributed by atoms with Crippen molar-refractivity contribution >= 4 is 11.9 Å². The van der Waals surface area contributed by atoms with E-state index in [9.17, 15) is 9.59 Å². The molecule has 0 aromatic heterocycles. The van der Waals surface area contributed by atoms with Crippen molar-refractivity contribution in [1.29, 1.82) is 0 Å². The van der Waals surface area contributed by atoms with Gasteiger partial charge < -0.3 is 10.4 Å². The lowest BCUT2D eigenvalue weighted by Gasteiger charge is -2.09. The lowest BCUT2D eigenvalue weighted by atomic mass is 10.1. The van der Waals surface area contributed by atoms with Gasteiger partial charge in [0.1, 0.15) is 6.04 Å². The number of hydrogen-bond acceptors (Lipinski definition) is 2. The zero-order chi connectivity index (χ0) is 11.4. The predicted octanol–water partition coefficient (Wildman–Crippen LogP) is 1.20. The molecule has 0 unspecified atom stereocenters. The molecule has 0 spiro atoms. The average molecular weight is 207 g/mol. The van der Waals surface area contributed by atoms with Gasteiger partial charge >= 0.3 is 5.97 Å². The summed E-state index contributed by atoms with van der Waals surface area (Å²) in [5, 5.41) is 11.0. The maximum atomic E-state index is 11.5. The van der Waals surface area contributed by atoms with Crippen LogP contribution in [0.1, 0.15) is 22.8 Å². The van der Waals surface area contributed by atoms with E-state index in [0.29, 0.717) is 5.56 Å². The van der Waals surface area contributed by atoms with E-state index < -0.39 is 12.0 Å². The number of rotatable bonds is 3. The quantitative estimate of drug-likeness (QED) is 0.782. The van der Waals surface area contributed by atoms with Crippen LogP contribution in [0.5, 0.6) is 0 Å². The van der Waals surface area contributed by atoms with Crippen LogP contribution in [0.4, 0.5) is 0 Å². The van der Waals surface area contributed by atoms with Gasteiger partial charge in [-0.1, -0.05) is 17.7 Å². The minimum absolute atomic E-state index is 0.367. The largest absolute Gasteiger partial charge is 0.480 e. The van der Waals surface area contributed by atoms with Crippen LogP contribution in [0.15, 0.2) is 24.3 Å². The van der Waals surface area contributed by atoms with Gasteiger partial charge in [-0.25, -0.2) is 0 Å². The lowest BCUT2D eigenvalue weighted by molar-refractivity contribution is -0.138. The van der Waals surface area contributed by atoms with Crippen LogP contribution >= 0.6 is 0 Å². The highest BCUT2D eigenvalue weighted by atomic mass is 16.4. The third-order valence-corrected chi connectivity index (χ3v) is 2.00. The van der Waals surface area contributed by atoms with Crippen LogP contribution in [0.3, 0.4) is 0 Å². The number of aliphatic carboxylic acids is 1. The Labute approximate surface area is 87.9 Å². The number of carboxylic acids is 1. The van der Waals surface area contributed by atoms with E-state index in [-0.39, 0.29) is 5.91 Å². The van der Waals surface area contributed by atoms with Gasteiger partial charge in [0, 0.05) is 5.56 Å². The molecule has 4 nitrogen and oxygen atoms in total. The average Bonchev–Trinajstić information content (AvgIpc) is 2.17. The maximum Gasteiger partial charge on any atom is 0.325 e. The molecule has 0 saturated carbocycles. The first-order chi connectivity index (χ1) is 7.00. The Balaban J connectivity index is 2.73. The van der Waals surface area contributed by atoms with E-state index in [2.05, 4.69) is 5.32 Å². The van der Waals surface area contributed by atoms with Gasteiger partial charge in [-0.2, -0.15) is 0 Å². The van der Waals surface area contributed by atoms with Crippen molar-refractivity contribution in [2.75, 3.05) is 0 Å². The third-order valence-electron chi connectivity index (χ3n) is 2.00. The van der Waals surface area contributed by atoms with Gasteiger partial charge in [0.2, 0.25) is 0 Å². The van der Waals surface area contributed by atoms with Gasteiger partial charge in [0.15, 0.2) is 0 Å². The molecular formula is C11H13NO3. The maximum absolute atomic E-state index is 11.5. The van der Waals surface area contributed by atoms with Crippen LogP contribution in [-0.2, 0) is 4.79 Å². The molecule has 80 valence electrons. The van der Waals surface area contributed by atoms with E-state index in [0.717, 1.165) is 5.56 Å². The second-order valence-corrected chi connectivity index (χ2v) is 3.40. The number of benzene rings is 1. The van der Waals surface area contributed by atoms with E-state index in [4.69, 9.17) is 5.11 Å². The van der Waals surface area contributed by atoms with Crippen molar-refractivity contribution in [3.8, 4) is 0 Å². The zero-order valence-corrected chi connectivity index (χ0v) is 8.65. The fraction of sp³-hybridized carbons (Fsp3) is 0.273. The Morgan fingerprint density at radius 2 is 2.07 bits per heavy atom. The number of carbonyl (C=O) groups excluding carboxylic acids is 1. The van der Waals surface area contributed by atoms with Crippen molar-refractivity contribution in [3.05, 3.63) is 35.4 Å². The van der Waals surface area contributed by atoms with Crippen LogP contribution in [0.25, 0.3) is 0 Å². The van der Waals surface area contributed by atoms with E-state index in [1.807, 2.05) is 13.0 Å². The topological polar surface area (TPSA) is 66.4 Å². The molecule has 0 fully saturated rings. The van der Waals surface area contributed by atoms with Crippen molar-refractivity contribution in [2.24, 2.45) is 0 Å². The van der Waals surface area contributed by atoms with E-state index >= 15 is 0 Å². The molecule has 0 aliphatic rings. The second-order valence-electron chi connectivity index (χ2n) is 3.40. The van der Waals surface area contributed by atoms with E-state index in [1.54, 1.807) is 18.2 Å². The van der Waals surface area contributed by atoms with Gasteiger partial charge in [0.05, 0.1) is 0 Å². The van der Waals surface area contributed by atoms with Crippen molar-refractivity contribution in [3.63, 3.8) is 0 Å². The van der Waals surface area contributed by atoms with Crippen LogP contribution in [-0.4, -0.2) is 23.0 Å². The second kappa shape index (κ2) is 4.59. The molecule has 0 radical (unpaired) electrons. The molecule has 0 aliphatic heterocycles. The molecular weight excluding hydrogens is 194 g/mol. The highest BCUT2D eigenvalue weighted by Gasteiger charge is 2.14. The number of amides is 1. The van der Waals surface area contributed by atoms with Crippen LogP contribution in [0.2, 0.25) is 0 Å². The number of carboxylic acid groups (broad SMARTS) is 1. The molecule has 2 N–H and O–H groups in total. The molecule has 0 heterocycles. The predicted molar refractivity (Wildman–Crippen MR) is 55.7 cm³/mol. The van der Waals surface area contributed by atoms with Crippen molar-refractivity contribution in [2.45, 2.75) is 19.9 Å².